The zero-order chi connectivity index (χ0) is 13.7. The molecular weight excluding hydrogens is 280 g/mol. The van der Waals surface area contributed by atoms with Gasteiger partial charge in [-0.15, -0.1) is 0 Å². The molecule has 0 saturated carbocycles. The Kier molecular flexibility index (Phi) is 5.56. The number of non-ortho nitro benzene ring substituents is 1. The number of hydrogen-bond donors (Lipinski definition) is 0. The maximum atomic E-state index is 11.8. The summed E-state index contributed by atoms with van der Waals surface area (Å²) in [5, 5.41) is 10.5. The summed E-state index contributed by atoms with van der Waals surface area (Å²) in [4.78, 5) is 25.7. The Morgan fingerprint density at radius 2 is 1.90 bits per heavy atom. The number of hydrogen-bond acceptors (Lipinski definition) is 4. The third kappa shape index (κ3) is 4.00. The van der Waals surface area contributed by atoms with E-state index in [4.69, 9.17) is 0 Å². The second kappa shape index (κ2) is 7.16. The third-order valence-electron chi connectivity index (χ3n) is 2.47. The van der Waals surface area contributed by atoms with Gasteiger partial charge in [-0.3, -0.25) is 19.9 Å². The summed E-state index contributed by atoms with van der Waals surface area (Å²) >= 11 is 0. The van der Waals surface area contributed by atoms with Crippen molar-refractivity contribution in [3.05, 3.63) is 76.1 Å². The molecule has 0 radical (unpaired) electrons. The van der Waals surface area contributed by atoms with Gasteiger partial charge in [0.15, 0.2) is 5.78 Å². The molecule has 6 heteroatoms. The van der Waals surface area contributed by atoms with Gasteiger partial charge < -0.3 is 12.4 Å². The van der Waals surface area contributed by atoms with E-state index in [1.54, 1.807) is 24.5 Å². The van der Waals surface area contributed by atoms with Gasteiger partial charge in [-0.25, -0.2) is 0 Å². The van der Waals surface area contributed by atoms with Crippen molar-refractivity contribution < 1.29 is 22.1 Å². The average Bonchev–Trinajstić information content (AvgIpc) is 2.46. The van der Waals surface area contributed by atoms with Crippen LogP contribution in [-0.2, 0) is 0 Å². The lowest BCUT2D eigenvalue weighted by molar-refractivity contribution is -0.384. The molecular formula is C14H10ClN2O3-. The second-order valence-electron chi connectivity index (χ2n) is 3.79. The molecule has 1 aromatic carbocycles. The molecule has 0 aliphatic carbocycles. The number of carbonyl (C=O) groups is 1. The number of carbonyl (C=O) groups excluding carboxylic acids is 1. The van der Waals surface area contributed by atoms with Crippen molar-refractivity contribution in [1.29, 1.82) is 0 Å². The van der Waals surface area contributed by atoms with Crippen LogP contribution in [0.15, 0.2) is 54.9 Å². The lowest BCUT2D eigenvalue weighted by Gasteiger charge is -1.96. The first-order valence-electron chi connectivity index (χ1n) is 5.54. The molecule has 1 heterocycles. The molecule has 2 aromatic rings. The van der Waals surface area contributed by atoms with E-state index in [1.165, 1.54) is 30.3 Å². The quantitative estimate of drug-likeness (QED) is 0.341. The molecule has 0 bridgehead atoms. The van der Waals surface area contributed by atoms with Gasteiger partial charge in [0.05, 0.1) is 4.92 Å². The molecule has 0 unspecified atom stereocenters. The molecule has 0 N–H and O–H groups in total. The van der Waals surface area contributed by atoms with Crippen LogP contribution >= 0.6 is 0 Å². The SMILES string of the molecule is O=C(/C=C/c1cccnc1)c1ccc([N+](=O)[O-])cc1.[Cl-]. The minimum Gasteiger partial charge on any atom is -1.00 e. The lowest BCUT2D eigenvalue weighted by atomic mass is 10.1. The Bertz CT molecular complexity index is 625. The summed E-state index contributed by atoms with van der Waals surface area (Å²) in [7, 11) is 0. The van der Waals surface area contributed by atoms with Crippen LogP contribution in [0.4, 0.5) is 5.69 Å². The van der Waals surface area contributed by atoms with E-state index in [9.17, 15) is 14.9 Å². The highest BCUT2D eigenvalue weighted by Gasteiger charge is 2.06. The second-order valence-corrected chi connectivity index (χ2v) is 3.79. The van der Waals surface area contributed by atoms with Crippen LogP contribution < -0.4 is 12.4 Å². The molecule has 102 valence electrons. The number of nitro groups is 1. The van der Waals surface area contributed by atoms with Crippen molar-refractivity contribution in [3.8, 4) is 0 Å². The van der Waals surface area contributed by atoms with E-state index < -0.39 is 4.92 Å². The number of rotatable bonds is 4. The Labute approximate surface area is 121 Å². The number of halogens is 1. The van der Waals surface area contributed by atoms with Crippen LogP contribution in [0.2, 0.25) is 0 Å². The van der Waals surface area contributed by atoms with Crippen molar-refractivity contribution in [2.45, 2.75) is 0 Å². The van der Waals surface area contributed by atoms with Crippen LogP contribution in [0.25, 0.3) is 6.08 Å². The van der Waals surface area contributed by atoms with Gasteiger partial charge in [0, 0.05) is 30.1 Å². The summed E-state index contributed by atoms with van der Waals surface area (Å²) in [6.07, 6.45) is 6.35. The maximum Gasteiger partial charge on any atom is 0.269 e. The zero-order valence-corrected chi connectivity index (χ0v) is 11.0. The van der Waals surface area contributed by atoms with Gasteiger partial charge in [-0.1, -0.05) is 6.07 Å². The fraction of sp³-hybridized carbons (Fsp3) is 0. The normalized spacial score (nSPS) is 10.0. The van der Waals surface area contributed by atoms with Crippen LogP contribution in [0.5, 0.6) is 0 Å². The molecule has 0 spiro atoms. The van der Waals surface area contributed by atoms with Crippen molar-refractivity contribution >= 4 is 17.5 Å². The highest BCUT2D eigenvalue weighted by molar-refractivity contribution is 6.06. The summed E-state index contributed by atoms with van der Waals surface area (Å²) in [5.41, 5.74) is 1.19. The summed E-state index contributed by atoms with van der Waals surface area (Å²) < 4.78 is 0. The largest absolute Gasteiger partial charge is 1.00 e. The number of nitrogens with zero attached hydrogens (tertiary/aromatic N) is 2. The molecule has 0 atom stereocenters. The van der Waals surface area contributed by atoms with Crippen LogP contribution in [0, 0.1) is 10.1 Å². The van der Waals surface area contributed by atoms with Crippen molar-refractivity contribution in [3.63, 3.8) is 0 Å². The van der Waals surface area contributed by atoms with Crippen molar-refractivity contribution in [1.82, 2.24) is 4.98 Å². The number of ketones is 1. The van der Waals surface area contributed by atoms with Gasteiger partial charge >= 0.3 is 0 Å². The van der Waals surface area contributed by atoms with Gasteiger partial charge in [-0.2, -0.15) is 0 Å². The van der Waals surface area contributed by atoms with Crippen LogP contribution in [0.3, 0.4) is 0 Å². The lowest BCUT2D eigenvalue weighted by Crippen LogP contribution is -3.00. The molecule has 0 amide bonds. The first-order valence-corrected chi connectivity index (χ1v) is 5.54. The fourth-order valence-electron chi connectivity index (χ4n) is 1.49. The Hall–Kier alpha value is -2.53. The summed E-state index contributed by atoms with van der Waals surface area (Å²) in [6.45, 7) is 0. The molecule has 0 aliphatic heterocycles. The number of benzene rings is 1. The Balaban J connectivity index is 0.00000200. The van der Waals surface area contributed by atoms with E-state index in [0.29, 0.717) is 5.56 Å². The molecule has 20 heavy (non-hydrogen) atoms. The van der Waals surface area contributed by atoms with E-state index in [-0.39, 0.29) is 23.9 Å². The predicted molar refractivity (Wildman–Crippen MR) is 70.7 cm³/mol. The van der Waals surface area contributed by atoms with Gasteiger partial charge in [0.1, 0.15) is 0 Å². The minimum atomic E-state index is -0.500. The van der Waals surface area contributed by atoms with E-state index in [2.05, 4.69) is 4.98 Å². The number of allylic oxidation sites excluding steroid dienone is 1. The fourth-order valence-corrected chi connectivity index (χ4v) is 1.49. The molecule has 0 fully saturated rings. The molecule has 1 aromatic heterocycles. The zero-order valence-electron chi connectivity index (χ0n) is 10.3. The average molecular weight is 290 g/mol. The smallest absolute Gasteiger partial charge is 0.269 e. The predicted octanol–water partition coefficient (Wildman–Crippen LogP) is -0.110. The minimum absolute atomic E-state index is 0. The van der Waals surface area contributed by atoms with Crippen molar-refractivity contribution in [2.75, 3.05) is 0 Å². The monoisotopic (exact) mass is 289 g/mol. The molecule has 0 aliphatic rings. The van der Waals surface area contributed by atoms with E-state index in [1.807, 2.05) is 6.07 Å². The molecule has 0 saturated heterocycles. The molecule has 2 rings (SSSR count). The Morgan fingerprint density at radius 3 is 2.45 bits per heavy atom. The maximum absolute atomic E-state index is 11.8. The third-order valence-corrected chi connectivity index (χ3v) is 2.47. The van der Waals surface area contributed by atoms with Crippen LogP contribution in [-0.4, -0.2) is 15.7 Å². The van der Waals surface area contributed by atoms with Gasteiger partial charge in [0.25, 0.3) is 5.69 Å². The van der Waals surface area contributed by atoms with E-state index >= 15 is 0 Å². The standard InChI is InChI=1S/C14H10N2O3.ClH/c17-14(8-3-11-2-1-9-15-10-11)12-4-6-13(7-5-12)16(18)19;/h1-10H;1H/p-1/b8-3+;. The number of pyridine rings is 1. The Morgan fingerprint density at radius 1 is 1.20 bits per heavy atom. The van der Waals surface area contributed by atoms with Crippen molar-refractivity contribution in [2.24, 2.45) is 0 Å². The number of aromatic nitrogens is 1. The molecule has 5 nitrogen and oxygen atoms in total. The highest BCUT2D eigenvalue weighted by Crippen LogP contribution is 2.13. The summed E-state index contributed by atoms with van der Waals surface area (Å²) in [6, 6.07) is 9.10. The van der Waals surface area contributed by atoms with Crippen LogP contribution in [0.1, 0.15) is 15.9 Å². The summed E-state index contributed by atoms with van der Waals surface area (Å²) in [5.74, 6) is -0.209. The first-order chi connectivity index (χ1) is 9.16. The highest BCUT2D eigenvalue weighted by atomic mass is 35.5. The first kappa shape index (κ1) is 15.5. The van der Waals surface area contributed by atoms with E-state index in [0.717, 1.165) is 5.56 Å². The number of nitro benzene ring substituents is 1. The van der Waals surface area contributed by atoms with Gasteiger partial charge in [-0.05, 0) is 35.9 Å². The topological polar surface area (TPSA) is 73.1 Å². The van der Waals surface area contributed by atoms with Gasteiger partial charge in [0.2, 0.25) is 0 Å².